The molecule has 0 unspecified atom stereocenters. The van der Waals surface area contributed by atoms with Crippen molar-refractivity contribution in [3.63, 3.8) is 0 Å². The number of rotatable bonds is 5. The van der Waals surface area contributed by atoms with Gasteiger partial charge in [-0.2, -0.15) is 10.5 Å². The van der Waals surface area contributed by atoms with Crippen LogP contribution in [0.1, 0.15) is 11.1 Å². The molecule has 3 heterocycles. The van der Waals surface area contributed by atoms with Crippen molar-refractivity contribution in [2.24, 2.45) is 0 Å². The predicted octanol–water partition coefficient (Wildman–Crippen LogP) is 13.0. The van der Waals surface area contributed by atoms with Crippen LogP contribution in [0.25, 0.3) is 76.9 Å². The zero-order valence-electron chi connectivity index (χ0n) is 29.9. The second-order valence-electron chi connectivity index (χ2n) is 14.0. The Balaban J connectivity index is 1.22. The molecular weight excluding hydrogens is 687 g/mol. The van der Waals surface area contributed by atoms with Gasteiger partial charge in [0.2, 0.25) is 0 Å². The van der Waals surface area contributed by atoms with Crippen LogP contribution in [0.2, 0.25) is 0 Å². The van der Waals surface area contributed by atoms with Gasteiger partial charge in [0.05, 0.1) is 44.3 Å². The number of anilines is 3. The average molecular weight is 716 g/mol. The molecule has 0 spiro atoms. The highest BCUT2D eigenvalue weighted by Crippen LogP contribution is 2.44. The van der Waals surface area contributed by atoms with Gasteiger partial charge in [0.1, 0.15) is 23.3 Å². The summed E-state index contributed by atoms with van der Waals surface area (Å²) in [6.45, 7) is 0. The lowest BCUT2D eigenvalue weighted by atomic mass is 10.1. The maximum atomic E-state index is 10.9. The first-order chi connectivity index (χ1) is 27.7. The minimum absolute atomic E-state index is 0.404. The van der Waals surface area contributed by atoms with Gasteiger partial charge in [0, 0.05) is 49.7 Å². The molecule has 0 saturated carbocycles. The number of aromatic nitrogens is 2. The third-order valence-corrected chi connectivity index (χ3v) is 10.9. The first kappa shape index (κ1) is 31.5. The first-order valence-corrected chi connectivity index (χ1v) is 18.5. The number of hydrogen-bond acceptors (Lipinski definition) is 4. The lowest BCUT2D eigenvalue weighted by Crippen LogP contribution is -2.09. The minimum atomic E-state index is 0.404. The fourth-order valence-electron chi connectivity index (χ4n) is 8.62. The molecule has 6 nitrogen and oxygen atoms in total. The van der Waals surface area contributed by atoms with Crippen molar-refractivity contribution >= 4 is 82.6 Å². The van der Waals surface area contributed by atoms with Crippen LogP contribution in [0.5, 0.6) is 0 Å². The van der Waals surface area contributed by atoms with Crippen LogP contribution in [-0.2, 0) is 0 Å². The van der Waals surface area contributed by atoms with Crippen LogP contribution in [0.4, 0.5) is 17.1 Å². The summed E-state index contributed by atoms with van der Waals surface area (Å²) in [7, 11) is 0. The topological polar surface area (TPSA) is 73.8 Å². The van der Waals surface area contributed by atoms with Gasteiger partial charge in [-0.1, -0.05) is 91.0 Å². The number of furan rings is 1. The van der Waals surface area contributed by atoms with Gasteiger partial charge in [-0.05, 0) is 84.9 Å². The standard InChI is InChI=1S/C50H29N5O/c51-30-32-27-37(28-33(31-52)49(32)55-43-20-10-7-17-38(43)39-18-8-11-21-44(39)55)54-45-25-23-36(53(34-13-3-1-4-14-34)35-15-5-2-6-16-35)29-42(45)48-46(54)26-24-41-40-19-9-12-22-47(40)56-50(41)48/h1-29H. The molecule has 0 N–H and O–H groups in total. The fourth-order valence-corrected chi connectivity index (χ4v) is 8.62. The Hall–Kier alpha value is -8.06. The highest BCUT2D eigenvalue weighted by Gasteiger charge is 2.24. The SMILES string of the molecule is N#Cc1cc(-n2c3ccc(N(c4ccccc4)c4ccccc4)cc3c3c4oc5ccccc5c4ccc32)cc(C#N)c1-n1c2ccccc2c2ccccc21. The van der Waals surface area contributed by atoms with E-state index >= 15 is 0 Å². The fraction of sp³-hybridized carbons (Fsp3) is 0. The Morgan fingerprint density at radius 1 is 0.429 bits per heavy atom. The molecule has 6 heteroatoms. The van der Waals surface area contributed by atoms with E-state index in [0.29, 0.717) is 22.5 Å². The molecule has 0 aliphatic carbocycles. The van der Waals surface area contributed by atoms with E-state index in [1.807, 2.05) is 78.9 Å². The van der Waals surface area contributed by atoms with Crippen LogP contribution in [0.3, 0.4) is 0 Å². The Morgan fingerprint density at radius 3 is 1.59 bits per heavy atom. The van der Waals surface area contributed by atoms with Gasteiger partial charge in [-0.3, -0.25) is 0 Å². The van der Waals surface area contributed by atoms with Crippen LogP contribution in [-0.4, -0.2) is 9.13 Å². The van der Waals surface area contributed by atoms with Gasteiger partial charge in [-0.15, -0.1) is 0 Å². The summed E-state index contributed by atoms with van der Waals surface area (Å²) in [5.74, 6) is 0. The zero-order chi connectivity index (χ0) is 37.3. The predicted molar refractivity (Wildman–Crippen MR) is 227 cm³/mol. The molecule has 11 aromatic rings. The Morgan fingerprint density at radius 2 is 0.964 bits per heavy atom. The van der Waals surface area contributed by atoms with Gasteiger partial charge >= 0.3 is 0 Å². The second kappa shape index (κ2) is 12.2. The molecular formula is C50H29N5O. The summed E-state index contributed by atoms with van der Waals surface area (Å²) in [6.07, 6.45) is 0. The number of hydrogen-bond donors (Lipinski definition) is 0. The van der Waals surface area contributed by atoms with Crippen molar-refractivity contribution < 1.29 is 4.42 Å². The van der Waals surface area contributed by atoms with Crippen molar-refractivity contribution in [3.05, 3.63) is 187 Å². The largest absolute Gasteiger partial charge is 0.455 e. The van der Waals surface area contributed by atoms with E-state index in [0.717, 1.165) is 82.6 Å². The molecule has 0 radical (unpaired) electrons. The molecule has 260 valence electrons. The maximum absolute atomic E-state index is 10.9. The molecule has 0 aliphatic heterocycles. The average Bonchev–Trinajstić information content (AvgIpc) is 3.91. The lowest BCUT2D eigenvalue weighted by molar-refractivity contribution is 0.673. The van der Waals surface area contributed by atoms with Crippen LogP contribution in [0.15, 0.2) is 180 Å². The summed E-state index contributed by atoms with van der Waals surface area (Å²) >= 11 is 0. The summed E-state index contributed by atoms with van der Waals surface area (Å²) in [5, 5.41) is 27.9. The number of nitrogens with zero attached hydrogens (tertiary/aromatic N) is 5. The number of para-hydroxylation sites is 5. The molecule has 0 atom stereocenters. The molecule has 0 fully saturated rings. The third kappa shape index (κ3) is 4.54. The molecule has 0 aliphatic rings. The van der Waals surface area contributed by atoms with Gasteiger partial charge < -0.3 is 18.5 Å². The molecule has 8 aromatic carbocycles. The molecule has 11 rings (SSSR count). The Bertz CT molecular complexity index is 3320. The second-order valence-corrected chi connectivity index (χ2v) is 14.0. The molecule has 56 heavy (non-hydrogen) atoms. The van der Waals surface area contributed by atoms with E-state index in [-0.39, 0.29) is 0 Å². The zero-order valence-corrected chi connectivity index (χ0v) is 29.9. The minimum Gasteiger partial charge on any atom is -0.455 e. The van der Waals surface area contributed by atoms with Crippen LogP contribution in [0, 0.1) is 22.7 Å². The summed E-state index contributed by atoms with van der Waals surface area (Å²) in [5.41, 5.74) is 10.5. The van der Waals surface area contributed by atoms with E-state index < -0.39 is 0 Å². The molecule has 0 saturated heterocycles. The summed E-state index contributed by atoms with van der Waals surface area (Å²) in [4.78, 5) is 2.25. The van der Waals surface area contributed by atoms with E-state index in [1.54, 1.807) is 0 Å². The molecule has 0 amide bonds. The summed E-state index contributed by atoms with van der Waals surface area (Å²) < 4.78 is 10.9. The van der Waals surface area contributed by atoms with Crippen LogP contribution < -0.4 is 4.90 Å². The number of benzene rings is 8. The molecule has 0 bridgehead atoms. The Kier molecular flexibility index (Phi) is 6.88. The summed E-state index contributed by atoms with van der Waals surface area (Å²) in [6, 6.07) is 64.7. The van der Waals surface area contributed by atoms with Crippen molar-refractivity contribution in [2.75, 3.05) is 4.90 Å². The van der Waals surface area contributed by atoms with Crippen LogP contribution >= 0.6 is 0 Å². The van der Waals surface area contributed by atoms with Crippen molar-refractivity contribution in [1.29, 1.82) is 10.5 Å². The van der Waals surface area contributed by atoms with Crippen molar-refractivity contribution in [2.45, 2.75) is 0 Å². The normalized spacial score (nSPS) is 11.5. The van der Waals surface area contributed by atoms with E-state index in [2.05, 4.69) is 123 Å². The van der Waals surface area contributed by atoms with Crippen molar-refractivity contribution in [3.8, 4) is 23.5 Å². The maximum Gasteiger partial charge on any atom is 0.145 e. The third-order valence-electron chi connectivity index (χ3n) is 10.9. The van der Waals surface area contributed by atoms with E-state index in [4.69, 9.17) is 4.42 Å². The highest BCUT2D eigenvalue weighted by molar-refractivity contribution is 6.24. The quantitative estimate of drug-likeness (QED) is 0.178. The molecule has 3 aromatic heterocycles. The smallest absolute Gasteiger partial charge is 0.145 e. The number of fused-ring (bicyclic) bond motifs is 10. The number of nitriles is 2. The van der Waals surface area contributed by atoms with Crippen molar-refractivity contribution in [1.82, 2.24) is 9.13 Å². The highest BCUT2D eigenvalue weighted by atomic mass is 16.3. The van der Waals surface area contributed by atoms with Gasteiger partial charge in [0.25, 0.3) is 0 Å². The lowest BCUT2D eigenvalue weighted by Gasteiger charge is -2.25. The van der Waals surface area contributed by atoms with E-state index in [9.17, 15) is 10.5 Å². The Labute approximate surface area is 321 Å². The first-order valence-electron chi connectivity index (χ1n) is 18.5. The van der Waals surface area contributed by atoms with Gasteiger partial charge in [-0.25, -0.2) is 0 Å². The monoisotopic (exact) mass is 715 g/mol. The van der Waals surface area contributed by atoms with Gasteiger partial charge in [0.15, 0.2) is 0 Å². The van der Waals surface area contributed by atoms with E-state index in [1.165, 1.54) is 0 Å².